The van der Waals surface area contributed by atoms with Crippen molar-refractivity contribution in [3.63, 3.8) is 0 Å². The van der Waals surface area contributed by atoms with Gasteiger partial charge in [-0.2, -0.15) is 0 Å². The summed E-state index contributed by atoms with van der Waals surface area (Å²) in [5.74, 6) is 0.834. The molecule has 1 aliphatic rings. The summed E-state index contributed by atoms with van der Waals surface area (Å²) in [5.41, 5.74) is 3.77. The van der Waals surface area contributed by atoms with Gasteiger partial charge in [-0.3, -0.25) is 4.79 Å². The van der Waals surface area contributed by atoms with Crippen LogP contribution in [0.1, 0.15) is 27.9 Å². The van der Waals surface area contributed by atoms with Gasteiger partial charge in [0.25, 0.3) is 0 Å². The van der Waals surface area contributed by atoms with Gasteiger partial charge in [0.1, 0.15) is 5.75 Å². The summed E-state index contributed by atoms with van der Waals surface area (Å²) in [6.45, 7) is 0. The molecular formula is C18H15BrO2. The fourth-order valence-corrected chi connectivity index (χ4v) is 3.02. The number of allylic oxidation sites excluding steroid dienone is 1. The van der Waals surface area contributed by atoms with Crippen molar-refractivity contribution in [1.82, 2.24) is 0 Å². The van der Waals surface area contributed by atoms with Crippen molar-refractivity contribution in [1.29, 1.82) is 0 Å². The van der Waals surface area contributed by atoms with Crippen molar-refractivity contribution < 1.29 is 9.53 Å². The van der Waals surface area contributed by atoms with Crippen molar-refractivity contribution in [2.24, 2.45) is 0 Å². The molecule has 0 amide bonds. The van der Waals surface area contributed by atoms with Crippen molar-refractivity contribution >= 4 is 27.8 Å². The number of ether oxygens (including phenoxy) is 1. The molecular weight excluding hydrogens is 328 g/mol. The average molecular weight is 343 g/mol. The Morgan fingerprint density at radius 1 is 1.14 bits per heavy atom. The van der Waals surface area contributed by atoms with E-state index in [2.05, 4.69) is 15.9 Å². The number of methoxy groups -OCH3 is 1. The first-order valence-corrected chi connectivity index (χ1v) is 7.64. The normalized spacial score (nSPS) is 15.9. The molecule has 0 unspecified atom stereocenters. The van der Waals surface area contributed by atoms with Crippen LogP contribution in [0.3, 0.4) is 0 Å². The van der Waals surface area contributed by atoms with E-state index in [1.165, 1.54) is 0 Å². The number of fused-ring (bicyclic) bond motifs is 1. The number of hydrogen-bond acceptors (Lipinski definition) is 2. The van der Waals surface area contributed by atoms with Gasteiger partial charge in [-0.1, -0.05) is 34.1 Å². The number of ketones is 1. The Morgan fingerprint density at radius 2 is 2.00 bits per heavy atom. The lowest BCUT2D eigenvalue weighted by Crippen LogP contribution is -2.14. The van der Waals surface area contributed by atoms with Crippen LogP contribution < -0.4 is 4.74 Å². The molecule has 0 N–H and O–H groups in total. The van der Waals surface area contributed by atoms with Crippen LogP contribution in [-0.4, -0.2) is 12.9 Å². The maximum Gasteiger partial charge on any atom is 0.189 e. The smallest absolute Gasteiger partial charge is 0.189 e. The molecule has 0 saturated heterocycles. The number of carbonyl (C=O) groups is 1. The Hall–Kier alpha value is -1.87. The summed E-state index contributed by atoms with van der Waals surface area (Å²) in [4.78, 5) is 12.6. The number of hydrogen-bond donors (Lipinski definition) is 0. The third kappa shape index (κ3) is 2.93. The third-order valence-electron chi connectivity index (χ3n) is 3.71. The van der Waals surface area contributed by atoms with Gasteiger partial charge in [0.05, 0.1) is 7.11 Å². The summed E-state index contributed by atoms with van der Waals surface area (Å²) in [5, 5.41) is 0. The Labute approximate surface area is 132 Å². The molecule has 106 valence electrons. The lowest BCUT2D eigenvalue weighted by atomic mass is 9.86. The van der Waals surface area contributed by atoms with Crippen molar-refractivity contribution in [3.05, 3.63) is 69.2 Å². The minimum atomic E-state index is 0.107. The molecule has 0 aromatic heterocycles. The largest absolute Gasteiger partial charge is 0.497 e. The van der Waals surface area contributed by atoms with E-state index in [4.69, 9.17) is 4.74 Å². The standard InChI is InChI=1S/C18H15BrO2/c1-21-16-8-7-13-5-6-14(18(20)17(13)11-16)9-12-3-2-4-15(19)10-12/h2-4,7-11H,5-6H2,1H3/b14-9+. The predicted octanol–water partition coefficient (Wildman–Crippen LogP) is 4.67. The maximum absolute atomic E-state index is 12.6. The molecule has 3 rings (SSSR count). The first kappa shape index (κ1) is 14.1. The highest BCUT2D eigenvalue weighted by molar-refractivity contribution is 9.10. The van der Waals surface area contributed by atoms with E-state index in [-0.39, 0.29) is 5.78 Å². The number of halogens is 1. The van der Waals surface area contributed by atoms with Gasteiger partial charge in [-0.05, 0) is 54.3 Å². The zero-order valence-electron chi connectivity index (χ0n) is 11.7. The number of aryl methyl sites for hydroxylation is 1. The van der Waals surface area contributed by atoms with Crippen molar-refractivity contribution in [2.45, 2.75) is 12.8 Å². The summed E-state index contributed by atoms with van der Waals surface area (Å²) in [6.07, 6.45) is 3.66. The van der Waals surface area contributed by atoms with Crippen LogP contribution in [0.5, 0.6) is 5.75 Å². The Balaban J connectivity index is 1.98. The van der Waals surface area contributed by atoms with Crippen LogP contribution in [0.2, 0.25) is 0 Å². The molecule has 0 heterocycles. The first-order chi connectivity index (χ1) is 10.2. The van der Waals surface area contributed by atoms with E-state index < -0.39 is 0 Å². The minimum absolute atomic E-state index is 0.107. The lowest BCUT2D eigenvalue weighted by Gasteiger charge is -2.18. The molecule has 0 saturated carbocycles. The van der Waals surface area contributed by atoms with Gasteiger partial charge in [0.15, 0.2) is 5.78 Å². The van der Waals surface area contributed by atoms with E-state index in [0.717, 1.165) is 45.3 Å². The van der Waals surface area contributed by atoms with Crippen LogP contribution in [-0.2, 0) is 6.42 Å². The van der Waals surface area contributed by atoms with Crippen LogP contribution >= 0.6 is 15.9 Å². The highest BCUT2D eigenvalue weighted by Crippen LogP contribution is 2.29. The van der Waals surface area contributed by atoms with Gasteiger partial charge in [-0.25, -0.2) is 0 Å². The summed E-state index contributed by atoms with van der Waals surface area (Å²) in [7, 11) is 1.62. The highest BCUT2D eigenvalue weighted by atomic mass is 79.9. The fourth-order valence-electron chi connectivity index (χ4n) is 2.60. The maximum atomic E-state index is 12.6. The minimum Gasteiger partial charge on any atom is -0.497 e. The number of Topliss-reactive ketones (excluding diaryl/α,β-unsaturated/α-hetero) is 1. The zero-order chi connectivity index (χ0) is 14.8. The van der Waals surface area contributed by atoms with Gasteiger partial charge in [-0.15, -0.1) is 0 Å². The van der Waals surface area contributed by atoms with E-state index in [9.17, 15) is 4.79 Å². The summed E-state index contributed by atoms with van der Waals surface area (Å²) >= 11 is 3.46. The molecule has 21 heavy (non-hydrogen) atoms. The van der Waals surface area contributed by atoms with Gasteiger partial charge in [0.2, 0.25) is 0 Å². The molecule has 0 fully saturated rings. The molecule has 2 nitrogen and oxygen atoms in total. The molecule has 1 aliphatic carbocycles. The molecule has 2 aromatic carbocycles. The second-order valence-corrected chi connectivity index (χ2v) is 5.99. The van der Waals surface area contributed by atoms with Crippen LogP contribution in [0.4, 0.5) is 0 Å². The highest BCUT2D eigenvalue weighted by Gasteiger charge is 2.22. The van der Waals surface area contributed by atoms with Crippen LogP contribution in [0, 0.1) is 0 Å². The van der Waals surface area contributed by atoms with Crippen LogP contribution in [0.15, 0.2) is 52.5 Å². The Morgan fingerprint density at radius 3 is 2.76 bits per heavy atom. The first-order valence-electron chi connectivity index (χ1n) is 6.85. The number of rotatable bonds is 2. The van der Waals surface area contributed by atoms with E-state index in [0.29, 0.717) is 0 Å². The quantitative estimate of drug-likeness (QED) is 0.741. The van der Waals surface area contributed by atoms with E-state index >= 15 is 0 Å². The Kier molecular flexibility index (Phi) is 3.93. The molecule has 2 aromatic rings. The molecule has 0 atom stereocenters. The van der Waals surface area contributed by atoms with Crippen molar-refractivity contribution in [3.8, 4) is 5.75 Å². The molecule has 3 heteroatoms. The monoisotopic (exact) mass is 342 g/mol. The topological polar surface area (TPSA) is 26.3 Å². The lowest BCUT2D eigenvalue weighted by molar-refractivity contribution is 0.102. The Bertz CT molecular complexity index is 732. The SMILES string of the molecule is COc1ccc2c(c1)C(=O)/C(=C/c1cccc(Br)c1)CC2. The molecule has 0 spiro atoms. The van der Waals surface area contributed by atoms with Gasteiger partial charge >= 0.3 is 0 Å². The second kappa shape index (κ2) is 5.86. The van der Waals surface area contributed by atoms with E-state index in [1.54, 1.807) is 7.11 Å². The molecule has 0 radical (unpaired) electrons. The fraction of sp³-hybridized carbons (Fsp3) is 0.167. The van der Waals surface area contributed by atoms with Crippen LogP contribution in [0.25, 0.3) is 6.08 Å². The van der Waals surface area contributed by atoms with Gasteiger partial charge in [0, 0.05) is 15.6 Å². The molecule has 0 bridgehead atoms. The number of benzene rings is 2. The predicted molar refractivity (Wildman–Crippen MR) is 87.8 cm³/mol. The van der Waals surface area contributed by atoms with E-state index in [1.807, 2.05) is 48.5 Å². The van der Waals surface area contributed by atoms with Gasteiger partial charge < -0.3 is 4.74 Å². The third-order valence-corrected chi connectivity index (χ3v) is 4.20. The van der Waals surface area contributed by atoms with Crippen molar-refractivity contribution in [2.75, 3.05) is 7.11 Å². The zero-order valence-corrected chi connectivity index (χ0v) is 13.3. The number of carbonyl (C=O) groups excluding carboxylic acids is 1. The second-order valence-electron chi connectivity index (χ2n) is 5.08. The summed E-state index contributed by atoms with van der Waals surface area (Å²) in [6, 6.07) is 13.7. The molecule has 0 aliphatic heterocycles. The summed E-state index contributed by atoms with van der Waals surface area (Å²) < 4.78 is 6.24. The average Bonchev–Trinajstić information content (AvgIpc) is 2.50.